The molecule has 4 aromatic rings. The summed E-state index contributed by atoms with van der Waals surface area (Å²) < 4.78 is 0.925. The SMILES string of the molecule is Cc1cc2c(N=NC(=O)[C@@H]3CC3(c3ccccc3)c3ccccc3)c(O)[nH]c2cc1Br. The molecule has 1 heterocycles. The fourth-order valence-corrected chi connectivity index (χ4v) is 4.75. The van der Waals surface area contributed by atoms with Crippen molar-refractivity contribution < 1.29 is 9.90 Å². The zero-order valence-electron chi connectivity index (χ0n) is 16.8. The summed E-state index contributed by atoms with van der Waals surface area (Å²) in [7, 11) is 0. The number of azo groups is 1. The number of aryl methyl sites for hydroxylation is 1. The van der Waals surface area contributed by atoms with Crippen LogP contribution in [0.4, 0.5) is 5.69 Å². The van der Waals surface area contributed by atoms with Gasteiger partial charge in [0.05, 0.1) is 11.4 Å². The number of H-pyrrole nitrogens is 1. The van der Waals surface area contributed by atoms with Crippen LogP contribution in [0.3, 0.4) is 0 Å². The molecule has 0 bridgehead atoms. The zero-order chi connectivity index (χ0) is 21.6. The van der Waals surface area contributed by atoms with Gasteiger partial charge in [-0.15, -0.1) is 10.2 Å². The Morgan fingerprint density at radius 2 is 1.68 bits per heavy atom. The number of hydrogen-bond donors (Lipinski definition) is 2. The number of nitrogens with one attached hydrogen (secondary N) is 1. The molecule has 0 aliphatic heterocycles. The van der Waals surface area contributed by atoms with E-state index >= 15 is 0 Å². The van der Waals surface area contributed by atoms with E-state index in [9.17, 15) is 9.90 Å². The van der Waals surface area contributed by atoms with Crippen molar-refractivity contribution >= 4 is 38.4 Å². The van der Waals surface area contributed by atoms with Crippen molar-refractivity contribution in [3.05, 3.63) is 94.0 Å². The lowest BCUT2D eigenvalue weighted by Crippen LogP contribution is -2.16. The van der Waals surface area contributed by atoms with Gasteiger partial charge in [-0.1, -0.05) is 76.6 Å². The first-order valence-corrected chi connectivity index (χ1v) is 10.9. The Morgan fingerprint density at radius 3 is 2.29 bits per heavy atom. The number of nitrogens with zero attached hydrogens (tertiary/aromatic N) is 2. The highest BCUT2D eigenvalue weighted by molar-refractivity contribution is 9.10. The lowest BCUT2D eigenvalue weighted by atomic mass is 9.85. The maximum atomic E-state index is 13.1. The maximum Gasteiger partial charge on any atom is 0.269 e. The van der Waals surface area contributed by atoms with Crippen LogP contribution in [-0.4, -0.2) is 16.0 Å². The van der Waals surface area contributed by atoms with Crippen molar-refractivity contribution in [3.8, 4) is 5.88 Å². The highest BCUT2D eigenvalue weighted by atomic mass is 79.9. The second-order valence-corrected chi connectivity index (χ2v) is 8.82. The summed E-state index contributed by atoms with van der Waals surface area (Å²) in [6.45, 7) is 1.96. The van der Waals surface area contributed by atoms with E-state index in [2.05, 4.69) is 55.4 Å². The Balaban J connectivity index is 1.49. The molecule has 1 aliphatic carbocycles. The molecule has 5 rings (SSSR count). The van der Waals surface area contributed by atoms with Crippen LogP contribution in [0, 0.1) is 12.8 Å². The van der Waals surface area contributed by atoms with E-state index in [0.717, 1.165) is 32.1 Å². The molecule has 0 unspecified atom stereocenters. The minimum absolute atomic E-state index is 0.0998. The van der Waals surface area contributed by atoms with Crippen molar-refractivity contribution in [2.24, 2.45) is 16.1 Å². The molecule has 1 fully saturated rings. The number of aromatic hydroxyl groups is 1. The molecule has 1 atom stereocenters. The highest BCUT2D eigenvalue weighted by Crippen LogP contribution is 2.59. The van der Waals surface area contributed by atoms with Gasteiger partial charge < -0.3 is 10.1 Å². The Kier molecular flexibility index (Phi) is 4.74. The van der Waals surface area contributed by atoms with Crippen LogP contribution in [0.15, 0.2) is 87.5 Å². The number of aromatic amines is 1. The first kappa shape index (κ1) is 19.7. The second-order valence-electron chi connectivity index (χ2n) is 7.97. The van der Waals surface area contributed by atoms with Gasteiger partial charge in [-0.2, -0.15) is 0 Å². The summed E-state index contributed by atoms with van der Waals surface area (Å²) in [5, 5.41) is 19.2. The second kappa shape index (κ2) is 7.46. The quantitative estimate of drug-likeness (QED) is 0.329. The standard InChI is InChI=1S/C25H20BrN3O2/c1-15-12-18-21(13-20(15)26)27-24(31)22(18)28-29-23(30)19-14-25(19,16-8-4-2-5-9-16)17-10-6-3-7-11-17/h2-13,19,27,31H,14H2,1H3/t19-/m0/s1. The Morgan fingerprint density at radius 1 is 1.06 bits per heavy atom. The summed E-state index contributed by atoms with van der Waals surface area (Å²) in [4.78, 5) is 16.0. The van der Waals surface area contributed by atoms with Crippen LogP contribution >= 0.6 is 15.9 Å². The number of hydrogen-bond acceptors (Lipinski definition) is 3. The Labute approximate surface area is 188 Å². The summed E-state index contributed by atoms with van der Waals surface area (Å²) in [5.74, 6) is -0.670. The Hall–Kier alpha value is -3.25. The molecule has 1 aromatic heterocycles. The number of amides is 1. The van der Waals surface area contributed by atoms with Crippen molar-refractivity contribution in [2.75, 3.05) is 0 Å². The monoisotopic (exact) mass is 473 g/mol. The van der Waals surface area contributed by atoms with Gasteiger partial charge in [0, 0.05) is 15.3 Å². The van der Waals surface area contributed by atoms with E-state index in [0.29, 0.717) is 6.42 Å². The van der Waals surface area contributed by atoms with Gasteiger partial charge >= 0.3 is 0 Å². The number of benzene rings is 3. The summed E-state index contributed by atoms with van der Waals surface area (Å²) >= 11 is 3.49. The molecule has 0 spiro atoms. The molecular weight excluding hydrogens is 454 g/mol. The highest BCUT2D eigenvalue weighted by Gasteiger charge is 2.60. The summed E-state index contributed by atoms with van der Waals surface area (Å²) in [6, 6.07) is 23.9. The van der Waals surface area contributed by atoms with Crippen LogP contribution in [0.25, 0.3) is 10.9 Å². The van der Waals surface area contributed by atoms with Gasteiger partial charge in [-0.3, -0.25) is 4.79 Å². The van der Waals surface area contributed by atoms with Crippen LogP contribution in [0.5, 0.6) is 5.88 Å². The van der Waals surface area contributed by atoms with Gasteiger partial charge in [-0.25, -0.2) is 0 Å². The number of fused-ring (bicyclic) bond motifs is 1. The third-order valence-corrected chi connectivity index (χ3v) is 6.97. The first-order valence-electron chi connectivity index (χ1n) is 10.1. The van der Waals surface area contributed by atoms with Gasteiger partial charge in [0.1, 0.15) is 0 Å². The number of carbonyl (C=O) groups excluding carboxylic acids is 1. The third kappa shape index (κ3) is 3.27. The van der Waals surface area contributed by atoms with Gasteiger partial charge in [0.15, 0.2) is 5.69 Å². The molecular formula is C25H20BrN3O2. The number of carbonyl (C=O) groups is 1. The van der Waals surface area contributed by atoms with Gasteiger partial charge in [0.25, 0.3) is 5.91 Å². The third-order valence-electron chi connectivity index (χ3n) is 6.12. The smallest absolute Gasteiger partial charge is 0.269 e. The molecule has 0 radical (unpaired) electrons. The summed E-state index contributed by atoms with van der Waals surface area (Å²) in [6.07, 6.45) is 0.685. The predicted molar refractivity (Wildman–Crippen MR) is 124 cm³/mol. The first-order chi connectivity index (χ1) is 15.0. The van der Waals surface area contributed by atoms with E-state index in [1.54, 1.807) is 0 Å². The Bertz CT molecular complexity index is 1270. The van der Waals surface area contributed by atoms with Crippen molar-refractivity contribution in [1.29, 1.82) is 0 Å². The molecule has 1 amide bonds. The van der Waals surface area contributed by atoms with E-state index < -0.39 is 0 Å². The predicted octanol–water partition coefficient (Wildman–Crippen LogP) is 6.56. The van der Waals surface area contributed by atoms with Crippen molar-refractivity contribution in [1.82, 2.24) is 4.98 Å². The lowest BCUT2D eigenvalue weighted by Gasteiger charge is -2.17. The molecule has 31 heavy (non-hydrogen) atoms. The molecule has 1 saturated carbocycles. The molecule has 6 heteroatoms. The van der Waals surface area contributed by atoms with Crippen LogP contribution in [-0.2, 0) is 10.2 Å². The molecule has 0 saturated heterocycles. The number of rotatable bonds is 4. The largest absolute Gasteiger partial charge is 0.493 e. The van der Waals surface area contributed by atoms with Gasteiger partial charge in [-0.05, 0) is 42.2 Å². The van der Waals surface area contributed by atoms with Gasteiger partial charge in [0.2, 0.25) is 5.88 Å². The van der Waals surface area contributed by atoms with E-state index in [4.69, 9.17) is 0 Å². The number of halogens is 1. The topological polar surface area (TPSA) is 77.8 Å². The zero-order valence-corrected chi connectivity index (χ0v) is 18.4. The van der Waals surface area contributed by atoms with E-state index in [-0.39, 0.29) is 28.8 Å². The average Bonchev–Trinajstić information content (AvgIpc) is 3.48. The summed E-state index contributed by atoms with van der Waals surface area (Å²) in [5.41, 5.74) is 3.83. The fraction of sp³-hybridized carbons (Fsp3) is 0.160. The molecule has 154 valence electrons. The normalized spacial score (nSPS) is 17.3. The van der Waals surface area contributed by atoms with Crippen molar-refractivity contribution in [2.45, 2.75) is 18.8 Å². The maximum absolute atomic E-state index is 13.1. The fourth-order valence-electron chi connectivity index (χ4n) is 4.40. The van der Waals surface area contributed by atoms with E-state index in [1.165, 1.54) is 0 Å². The van der Waals surface area contributed by atoms with Crippen LogP contribution < -0.4 is 0 Å². The molecule has 5 nitrogen and oxygen atoms in total. The van der Waals surface area contributed by atoms with Crippen LogP contribution in [0.2, 0.25) is 0 Å². The minimum atomic E-state index is -0.387. The molecule has 1 aliphatic rings. The van der Waals surface area contributed by atoms with E-state index in [1.807, 2.05) is 55.5 Å². The molecule has 2 N–H and O–H groups in total. The molecule has 3 aromatic carbocycles. The minimum Gasteiger partial charge on any atom is -0.493 e. The van der Waals surface area contributed by atoms with Crippen LogP contribution in [0.1, 0.15) is 23.1 Å². The lowest BCUT2D eigenvalue weighted by molar-refractivity contribution is -0.119. The average molecular weight is 474 g/mol. The number of aromatic nitrogens is 1. The van der Waals surface area contributed by atoms with Crippen molar-refractivity contribution in [3.63, 3.8) is 0 Å².